The van der Waals surface area contributed by atoms with Crippen LogP contribution in [0.25, 0.3) is 0 Å². The number of anilines is 3. The molecular weight excluding hydrogens is 406 g/mol. The van der Waals surface area contributed by atoms with Crippen LogP contribution in [-0.2, 0) is 9.59 Å². The summed E-state index contributed by atoms with van der Waals surface area (Å²) < 4.78 is 11.3. The molecule has 0 aliphatic rings. The van der Waals surface area contributed by atoms with E-state index in [-0.39, 0.29) is 18.4 Å². The zero-order valence-electron chi connectivity index (χ0n) is 18.2. The number of nitrogens with one attached hydrogen (secondary N) is 2. The summed E-state index contributed by atoms with van der Waals surface area (Å²) in [5, 5.41) is 5.92. The number of amides is 2. The van der Waals surface area contributed by atoms with Gasteiger partial charge in [-0.05, 0) is 48.5 Å². The van der Waals surface area contributed by atoms with Gasteiger partial charge in [0.15, 0.2) is 0 Å². The maximum absolute atomic E-state index is 12.3. The van der Waals surface area contributed by atoms with E-state index in [4.69, 9.17) is 9.47 Å². The van der Waals surface area contributed by atoms with Crippen LogP contribution in [0, 0.1) is 0 Å². The Morgan fingerprint density at radius 3 is 2.16 bits per heavy atom. The third-order valence-electron chi connectivity index (χ3n) is 4.66. The SMILES string of the molecule is CC(=O)N(C)c1ccc(NC(=O)CNc2cccc(OCCOc3ccccc3)c2)cc1. The normalized spacial score (nSPS) is 10.2. The van der Waals surface area contributed by atoms with Crippen LogP contribution >= 0.6 is 0 Å². The van der Waals surface area contributed by atoms with Gasteiger partial charge >= 0.3 is 0 Å². The fourth-order valence-electron chi connectivity index (χ4n) is 2.87. The van der Waals surface area contributed by atoms with Gasteiger partial charge in [0.25, 0.3) is 0 Å². The number of ether oxygens (including phenoxy) is 2. The molecule has 7 heteroatoms. The van der Waals surface area contributed by atoms with Crippen LogP contribution in [0.5, 0.6) is 11.5 Å². The van der Waals surface area contributed by atoms with Crippen molar-refractivity contribution in [2.45, 2.75) is 6.92 Å². The van der Waals surface area contributed by atoms with E-state index in [1.54, 1.807) is 31.3 Å². The van der Waals surface area contributed by atoms with Gasteiger partial charge in [-0.15, -0.1) is 0 Å². The van der Waals surface area contributed by atoms with Crippen molar-refractivity contribution < 1.29 is 19.1 Å². The molecule has 0 bridgehead atoms. The zero-order chi connectivity index (χ0) is 22.8. The van der Waals surface area contributed by atoms with Crippen molar-refractivity contribution >= 4 is 28.9 Å². The van der Waals surface area contributed by atoms with Gasteiger partial charge in [0.2, 0.25) is 11.8 Å². The predicted molar refractivity (Wildman–Crippen MR) is 127 cm³/mol. The van der Waals surface area contributed by atoms with Crippen molar-refractivity contribution in [1.82, 2.24) is 0 Å². The number of hydrogen-bond donors (Lipinski definition) is 2. The number of benzene rings is 3. The Hall–Kier alpha value is -4.00. The lowest BCUT2D eigenvalue weighted by Crippen LogP contribution is -2.23. The molecule has 0 aromatic heterocycles. The lowest BCUT2D eigenvalue weighted by Gasteiger charge is -2.15. The highest BCUT2D eigenvalue weighted by Gasteiger charge is 2.07. The maximum atomic E-state index is 12.3. The highest BCUT2D eigenvalue weighted by molar-refractivity contribution is 5.95. The Morgan fingerprint density at radius 2 is 1.47 bits per heavy atom. The molecule has 166 valence electrons. The summed E-state index contributed by atoms with van der Waals surface area (Å²) in [6.45, 7) is 2.45. The summed E-state index contributed by atoms with van der Waals surface area (Å²) in [5.74, 6) is 1.26. The van der Waals surface area contributed by atoms with Crippen molar-refractivity contribution in [2.75, 3.05) is 42.3 Å². The largest absolute Gasteiger partial charge is 0.490 e. The molecule has 0 aliphatic heterocycles. The van der Waals surface area contributed by atoms with E-state index in [1.165, 1.54) is 11.8 Å². The van der Waals surface area contributed by atoms with E-state index in [2.05, 4.69) is 10.6 Å². The molecule has 32 heavy (non-hydrogen) atoms. The molecule has 2 amide bonds. The Labute approximate surface area is 188 Å². The molecule has 0 fully saturated rings. The summed E-state index contributed by atoms with van der Waals surface area (Å²) in [5.41, 5.74) is 2.20. The molecule has 0 saturated heterocycles. The van der Waals surface area contributed by atoms with E-state index in [1.807, 2.05) is 54.6 Å². The van der Waals surface area contributed by atoms with Crippen LogP contribution in [0.4, 0.5) is 17.1 Å². The number of para-hydroxylation sites is 1. The van der Waals surface area contributed by atoms with Crippen LogP contribution in [0.1, 0.15) is 6.92 Å². The van der Waals surface area contributed by atoms with E-state index in [0.29, 0.717) is 24.7 Å². The first-order chi connectivity index (χ1) is 15.5. The molecular formula is C25H27N3O4. The van der Waals surface area contributed by atoms with Crippen LogP contribution in [0.2, 0.25) is 0 Å². The molecule has 0 aliphatic carbocycles. The van der Waals surface area contributed by atoms with Crippen LogP contribution in [-0.4, -0.2) is 38.6 Å². The highest BCUT2D eigenvalue weighted by Crippen LogP contribution is 2.19. The van der Waals surface area contributed by atoms with Crippen LogP contribution in [0.3, 0.4) is 0 Å². The Bertz CT molecular complexity index is 1020. The van der Waals surface area contributed by atoms with Crippen molar-refractivity contribution in [1.29, 1.82) is 0 Å². The van der Waals surface area contributed by atoms with Crippen molar-refractivity contribution in [3.05, 3.63) is 78.9 Å². The van der Waals surface area contributed by atoms with Gasteiger partial charge < -0.3 is 25.0 Å². The molecule has 0 saturated carbocycles. The molecule has 3 aromatic carbocycles. The summed E-state index contributed by atoms with van der Waals surface area (Å²) in [6, 6.07) is 24.1. The molecule has 3 rings (SSSR count). The second kappa shape index (κ2) is 11.4. The second-order valence-corrected chi connectivity index (χ2v) is 7.06. The van der Waals surface area contributed by atoms with Crippen molar-refractivity contribution in [2.24, 2.45) is 0 Å². The van der Waals surface area contributed by atoms with Crippen LogP contribution < -0.4 is 25.0 Å². The lowest BCUT2D eigenvalue weighted by molar-refractivity contribution is -0.116. The predicted octanol–water partition coefficient (Wildman–Crippen LogP) is 4.18. The van der Waals surface area contributed by atoms with E-state index in [0.717, 1.165) is 17.1 Å². The quantitative estimate of drug-likeness (QED) is 0.469. The van der Waals surface area contributed by atoms with Crippen molar-refractivity contribution in [3.8, 4) is 11.5 Å². The lowest BCUT2D eigenvalue weighted by atomic mass is 10.2. The van der Waals surface area contributed by atoms with Gasteiger partial charge in [0.1, 0.15) is 24.7 Å². The monoisotopic (exact) mass is 433 g/mol. The molecule has 7 nitrogen and oxygen atoms in total. The minimum atomic E-state index is -0.180. The average Bonchev–Trinajstić information content (AvgIpc) is 2.81. The smallest absolute Gasteiger partial charge is 0.243 e. The molecule has 0 heterocycles. The Morgan fingerprint density at radius 1 is 0.812 bits per heavy atom. The third-order valence-corrected chi connectivity index (χ3v) is 4.66. The number of carbonyl (C=O) groups excluding carboxylic acids is 2. The minimum Gasteiger partial charge on any atom is -0.490 e. The van der Waals surface area contributed by atoms with E-state index >= 15 is 0 Å². The first-order valence-corrected chi connectivity index (χ1v) is 10.3. The van der Waals surface area contributed by atoms with Gasteiger partial charge in [-0.1, -0.05) is 24.3 Å². The molecule has 2 N–H and O–H groups in total. The first-order valence-electron chi connectivity index (χ1n) is 10.3. The molecule has 0 unspecified atom stereocenters. The summed E-state index contributed by atoms with van der Waals surface area (Å²) >= 11 is 0. The maximum Gasteiger partial charge on any atom is 0.243 e. The second-order valence-electron chi connectivity index (χ2n) is 7.06. The van der Waals surface area contributed by atoms with Gasteiger partial charge in [0, 0.05) is 37.1 Å². The first kappa shape index (κ1) is 22.7. The van der Waals surface area contributed by atoms with E-state index in [9.17, 15) is 9.59 Å². The Kier molecular flexibility index (Phi) is 8.09. The number of carbonyl (C=O) groups is 2. The fourth-order valence-corrected chi connectivity index (χ4v) is 2.87. The number of nitrogens with zero attached hydrogens (tertiary/aromatic N) is 1. The summed E-state index contributed by atoms with van der Waals surface area (Å²) in [4.78, 5) is 25.2. The third kappa shape index (κ3) is 7.05. The molecule has 0 atom stereocenters. The molecule has 3 aromatic rings. The van der Waals surface area contributed by atoms with Crippen molar-refractivity contribution in [3.63, 3.8) is 0 Å². The fraction of sp³-hybridized carbons (Fsp3) is 0.200. The molecule has 0 radical (unpaired) electrons. The topological polar surface area (TPSA) is 79.9 Å². The van der Waals surface area contributed by atoms with Gasteiger partial charge in [-0.25, -0.2) is 0 Å². The number of hydrogen-bond acceptors (Lipinski definition) is 5. The van der Waals surface area contributed by atoms with Gasteiger partial charge in [0.05, 0.1) is 6.54 Å². The summed E-state index contributed by atoms with van der Waals surface area (Å²) in [7, 11) is 1.70. The minimum absolute atomic E-state index is 0.0547. The van der Waals surface area contributed by atoms with Crippen LogP contribution in [0.15, 0.2) is 78.9 Å². The van der Waals surface area contributed by atoms with E-state index < -0.39 is 0 Å². The zero-order valence-corrected chi connectivity index (χ0v) is 18.2. The molecule has 0 spiro atoms. The van der Waals surface area contributed by atoms with Gasteiger partial charge in [-0.2, -0.15) is 0 Å². The number of rotatable bonds is 10. The Balaban J connectivity index is 1.42. The average molecular weight is 434 g/mol. The standard InChI is InChI=1S/C25H27N3O4/c1-19(29)28(2)22-13-11-20(12-14-22)27-25(30)18-26-21-7-6-10-24(17-21)32-16-15-31-23-8-4-3-5-9-23/h3-14,17,26H,15-16,18H2,1-2H3,(H,27,30). The van der Waals surface area contributed by atoms with Gasteiger partial charge in [-0.3, -0.25) is 9.59 Å². The summed E-state index contributed by atoms with van der Waals surface area (Å²) in [6.07, 6.45) is 0. The highest BCUT2D eigenvalue weighted by atomic mass is 16.5.